The van der Waals surface area contributed by atoms with E-state index >= 15 is 0 Å². The van der Waals surface area contributed by atoms with Crippen LogP contribution < -0.4 is 5.32 Å². The highest BCUT2D eigenvalue weighted by Gasteiger charge is 2.04. The molecule has 2 heteroatoms. The predicted molar refractivity (Wildman–Crippen MR) is 93.0 cm³/mol. The van der Waals surface area contributed by atoms with Crippen LogP contribution in [0, 0.1) is 13.8 Å². The zero-order chi connectivity index (χ0) is 14.7. The van der Waals surface area contributed by atoms with Crippen molar-refractivity contribution in [3.8, 4) is 10.4 Å². The van der Waals surface area contributed by atoms with Crippen LogP contribution in [0.25, 0.3) is 10.4 Å². The summed E-state index contributed by atoms with van der Waals surface area (Å²) in [6.07, 6.45) is 0. The van der Waals surface area contributed by atoms with Crippen LogP contribution in [0.4, 0.5) is 5.69 Å². The fourth-order valence-corrected chi connectivity index (χ4v) is 3.31. The van der Waals surface area contributed by atoms with Crippen LogP contribution >= 0.6 is 11.3 Å². The van der Waals surface area contributed by atoms with E-state index in [1.807, 2.05) is 11.3 Å². The van der Waals surface area contributed by atoms with Crippen LogP contribution in [0.3, 0.4) is 0 Å². The molecule has 0 saturated carbocycles. The van der Waals surface area contributed by atoms with Crippen LogP contribution in [0.1, 0.15) is 16.0 Å². The Bertz CT molecular complexity index is 728. The Labute approximate surface area is 130 Å². The summed E-state index contributed by atoms with van der Waals surface area (Å²) in [5.74, 6) is 0. The minimum absolute atomic E-state index is 0.877. The van der Waals surface area contributed by atoms with Crippen molar-refractivity contribution in [3.05, 3.63) is 76.7 Å². The third-order valence-electron chi connectivity index (χ3n) is 3.78. The highest BCUT2D eigenvalue weighted by molar-refractivity contribution is 7.15. The fraction of sp³-hybridized carbons (Fsp3) is 0.158. The molecule has 0 atom stereocenters. The zero-order valence-electron chi connectivity index (χ0n) is 12.4. The second-order valence-corrected chi connectivity index (χ2v) is 6.40. The van der Waals surface area contributed by atoms with E-state index in [1.54, 1.807) is 0 Å². The smallest absolute Gasteiger partial charge is 0.0494 e. The minimum Gasteiger partial charge on any atom is -0.380 e. The summed E-state index contributed by atoms with van der Waals surface area (Å²) < 4.78 is 0. The van der Waals surface area contributed by atoms with Crippen molar-refractivity contribution in [3.63, 3.8) is 0 Å². The van der Waals surface area contributed by atoms with Crippen LogP contribution in [-0.4, -0.2) is 0 Å². The molecule has 1 N–H and O–H groups in total. The SMILES string of the molecule is Cc1cccc(NCc2ccc(-c3ccccc3)s2)c1C. The van der Waals surface area contributed by atoms with Crippen molar-refractivity contribution < 1.29 is 0 Å². The van der Waals surface area contributed by atoms with Gasteiger partial charge in [-0.15, -0.1) is 11.3 Å². The quantitative estimate of drug-likeness (QED) is 0.656. The van der Waals surface area contributed by atoms with E-state index in [9.17, 15) is 0 Å². The molecule has 0 aliphatic heterocycles. The molecular formula is C19H19NS. The summed E-state index contributed by atoms with van der Waals surface area (Å²) in [5.41, 5.74) is 5.18. The van der Waals surface area contributed by atoms with Gasteiger partial charge in [0.1, 0.15) is 0 Å². The van der Waals surface area contributed by atoms with E-state index in [0.717, 1.165) is 6.54 Å². The summed E-state index contributed by atoms with van der Waals surface area (Å²) in [5, 5.41) is 3.55. The van der Waals surface area contributed by atoms with Gasteiger partial charge in [-0.25, -0.2) is 0 Å². The van der Waals surface area contributed by atoms with Crippen molar-refractivity contribution in [2.24, 2.45) is 0 Å². The van der Waals surface area contributed by atoms with Gasteiger partial charge in [0, 0.05) is 22.0 Å². The third kappa shape index (κ3) is 3.17. The average molecular weight is 293 g/mol. The van der Waals surface area contributed by atoms with Crippen LogP contribution in [0.5, 0.6) is 0 Å². The van der Waals surface area contributed by atoms with E-state index in [1.165, 1.54) is 32.1 Å². The number of aryl methyl sites for hydroxylation is 1. The largest absolute Gasteiger partial charge is 0.380 e. The van der Waals surface area contributed by atoms with E-state index in [2.05, 4.69) is 79.8 Å². The Hall–Kier alpha value is -2.06. The van der Waals surface area contributed by atoms with E-state index in [4.69, 9.17) is 0 Å². The minimum atomic E-state index is 0.877. The van der Waals surface area contributed by atoms with Crippen molar-refractivity contribution >= 4 is 17.0 Å². The van der Waals surface area contributed by atoms with Crippen molar-refractivity contribution in [1.82, 2.24) is 0 Å². The number of benzene rings is 2. The second-order valence-electron chi connectivity index (χ2n) is 5.23. The Kier molecular flexibility index (Phi) is 4.07. The predicted octanol–water partition coefficient (Wildman–Crippen LogP) is 5.64. The topological polar surface area (TPSA) is 12.0 Å². The monoisotopic (exact) mass is 293 g/mol. The molecule has 0 unspecified atom stereocenters. The first kappa shape index (κ1) is 13.9. The summed E-state index contributed by atoms with van der Waals surface area (Å²) in [4.78, 5) is 2.68. The maximum Gasteiger partial charge on any atom is 0.0494 e. The number of thiophene rings is 1. The number of anilines is 1. The second kappa shape index (κ2) is 6.15. The standard InChI is InChI=1S/C19H19NS/c1-14-7-6-10-18(15(14)2)20-13-17-11-12-19(21-17)16-8-4-3-5-9-16/h3-12,20H,13H2,1-2H3. The molecule has 0 bridgehead atoms. The zero-order valence-corrected chi connectivity index (χ0v) is 13.2. The summed E-state index contributed by atoms with van der Waals surface area (Å²) in [7, 11) is 0. The van der Waals surface area contributed by atoms with Gasteiger partial charge < -0.3 is 5.32 Å². The van der Waals surface area contributed by atoms with E-state index in [0.29, 0.717) is 0 Å². The molecule has 21 heavy (non-hydrogen) atoms. The first-order chi connectivity index (χ1) is 10.2. The molecule has 0 fully saturated rings. The number of rotatable bonds is 4. The third-order valence-corrected chi connectivity index (χ3v) is 4.91. The Morgan fingerprint density at radius 1 is 0.857 bits per heavy atom. The van der Waals surface area contributed by atoms with Gasteiger partial charge in [-0.05, 0) is 48.7 Å². The lowest BCUT2D eigenvalue weighted by Crippen LogP contribution is -2.00. The van der Waals surface area contributed by atoms with Gasteiger partial charge in [-0.2, -0.15) is 0 Å². The van der Waals surface area contributed by atoms with Gasteiger partial charge >= 0.3 is 0 Å². The maximum atomic E-state index is 3.55. The molecule has 2 aromatic carbocycles. The molecule has 3 rings (SSSR count). The van der Waals surface area contributed by atoms with Gasteiger partial charge in [0.2, 0.25) is 0 Å². The Morgan fingerprint density at radius 2 is 1.67 bits per heavy atom. The molecule has 0 radical (unpaired) electrons. The van der Waals surface area contributed by atoms with E-state index < -0.39 is 0 Å². The van der Waals surface area contributed by atoms with Crippen LogP contribution in [0.2, 0.25) is 0 Å². The lowest BCUT2D eigenvalue weighted by atomic mass is 10.1. The van der Waals surface area contributed by atoms with Gasteiger partial charge in [0.25, 0.3) is 0 Å². The summed E-state index contributed by atoms with van der Waals surface area (Å²) >= 11 is 1.85. The lowest BCUT2D eigenvalue weighted by molar-refractivity contribution is 1.17. The van der Waals surface area contributed by atoms with Crippen molar-refractivity contribution in [2.75, 3.05) is 5.32 Å². The highest BCUT2D eigenvalue weighted by atomic mass is 32.1. The average Bonchev–Trinajstić information content (AvgIpc) is 2.99. The van der Waals surface area contributed by atoms with Crippen LogP contribution in [0.15, 0.2) is 60.7 Å². The molecule has 0 amide bonds. The fourth-order valence-electron chi connectivity index (χ4n) is 2.36. The van der Waals surface area contributed by atoms with Gasteiger partial charge in [0.05, 0.1) is 0 Å². The highest BCUT2D eigenvalue weighted by Crippen LogP contribution is 2.28. The normalized spacial score (nSPS) is 10.6. The number of hydrogen-bond donors (Lipinski definition) is 1. The first-order valence-corrected chi connectivity index (χ1v) is 8.00. The molecule has 1 aromatic heterocycles. The molecule has 0 aliphatic carbocycles. The van der Waals surface area contributed by atoms with Gasteiger partial charge in [-0.1, -0.05) is 42.5 Å². The number of nitrogens with one attached hydrogen (secondary N) is 1. The van der Waals surface area contributed by atoms with Gasteiger partial charge in [-0.3, -0.25) is 0 Å². The maximum absolute atomic E-state index is 3.55. The van der Waals surface area contributed by atoms with E-state index in [-0.39, 0.29) is 0 Å². The molecule has 106 valence electrons. The lowest BCUT2D eigenvalue weighted by Gasteiger charge is -2.10. The van der Waals surface area contributed by atoms with Crippen LogP contribution in [-0.2, 0) is 6.54 Å². The van der Waals surface area contributed by atoms with Gasteiger partial charge in [0.15, 0.2) is 0 Å². The van der Waals surface area contributed by atoms with Crippen molar-refractivity contribution in [1.29, 1.82) is 0 Å². The molecule has 0 aliphatic rings. The first-order valence-electron chi connectivity index (χ1n) is 7.18. The molecule has 0 spiro atoms. The molecule has 3 aromatic rings. The molecule has 0 saturated heterocycles. The van der Waals surface area contributed by atoms with Crippen molar-refractivity contribution in [2.45, 2.75) is 20.4 Å². The Balaban J connectivity index is 1.72. The molecular weight excluding hydrogens is 274 g/mol. The Morgan fingerprint density at radius 3 is 2.48 bits per heavy atom. The summed E-state index contributed by atoms with van der Waals surface area (Å²) in [6, 6.07) is 21.4. The summed E-state index contributed by atoms with van der Waals surface area (Å²) in [6.45, 7) is 5.20. The molecule has 1 nitrogen and oxygen atoms in total. The number of hydrogen-bond acceptors (Lipinski definition) is 2. The molecule has 1 heterocycles.